The van der Waals surface area contributed by atoms with E-state index in [1.165, 1.54) is 10.9 Å². The first-order chi connectivity index (χ1) is 17.7. The summed E-state index contributed by atoms with van der Waals surface area (Å²) in [5.41, 5.74) is 8.10. The van der Waals surface area contributed by atoms with Crippen molar-refractivity contribution in [1.29, 1.82) is 0 Å². The molecule has 0 unspecified atom stereocenters. The van der Waals surface area contributed by atoms with Crippen molar-refractivity contribution in [3.05, 3.63) is 66.8 Å². The number of rotatable bonds is 10. The minimum Gasteiger partial charge on any atom is -0.494 e. The van der Waals surface area contributed by atoms with E-state index in [9.17, 15) is 9.18 Å². The number of likely N-dealkylation sites (N-methyl/N-ethyl adjacent to an activating group) is 2. The molecule has 11 heteroatoms. The van der Waals surface area contributed by atoms with Crippen LogP contribution in [0.1, 0.15) is 5.56 Å². The Morgan fingerprint density at radius 3 is 2.65 bits per heavy atom. The van der Waals surface area contributed by atoms with Crippen LogP contribution in [0, 0.1) is 5.95 Å². The molecule has 4 aromatic rings. The van der Waals surface area contributed by atoms with Gasteiger partial charge in [0.2, 0.25) is 17.8 Å². The highest BCUT2D eigenvalue weighted by Gasteiger charge is 2.20. The summed E-state index contributed by atoms with van der Waals surface area (Å²) in [5.74, 6) is -0.131. The lowest BCUT2D eigenvalue weighted by atomic mass is 10.0. The average Bonchev–Trinajstić information content (AvgIpc) is 3.23. The molecule has 2 aromatic heterocycles. The highest BCUT2D eigenvalue weighted by molar-refractivity contribution is 6.19. The van der Waals surface area contributed by atoms with Crippen LogP contribution >= 0.6 is 0 Å². The van der Waals surface area contributed by atoms with E-state index in [1.807, 2.05) is 32.1 Å². The van der Waals surface area contributed by atoms with Crippen molar-refractivity contribution >= 4 is 39.7 Å². The van der Waals surface area contributed by atoms with Gasteiger partial charge in [-0.3, -0.25) is 4.79 Å². The van der Waals surface area contributed by atoms with Gasteiger partial charge < -0.3 is 25.6 Å². The lowest BCUT2D eigenvalue weighted by Gasteiger charge is -2.26. The molecule has 3 N–H and O–H groups in total. The first-order valence-corrected chi connectivity index (χ1v) is 11.5. The minimum atomic E-state index is -0.635. The van der Waals surface area contributed by atoms with Gasteiger partial charge in [0, 0.05) is 55.3 Å². The molecule has 1 amide bonds. The number of anilines is 3. The van der Waals surface area contributed by atoms with Crippen molar-refractivity contribution in [3.63, 3.8) is 0 Å². The van der Waals surface area contributed by atoms with Crippen LogP contribution in [0.2, 0.25) is 0 Å². The number of nitrogens with two attached hydrogens (primary N) is 1. The quantitative estimate of drug-likeness (QED) is 0.317. The third-order valence-electron chi connectivity index (χ3n) is 5.88. The van der Waals surface area contributed by atoms with Gasteiger partial charge in [-0.2, -0.15) is 9.37 Å². The van der Waals surface area contributed by atoms with Crippen molar-refractivity contribution in [2.75, 3.05) is 51.6 Å². The van der Waals surface area contributed by atoms with E-state index in [-0.39, 0.29) is 11.5 Å². The van der Waals surface area contributed by atoms with Crippen LogP contribution in [0.5, 0.6) is 5.75 Å². The Kier molecular flexibility index (Phi) is 7.35. The predicted octanol–water partition coefficient (Wildman–Crippen LogP) is 3.20. The molecule has 0 fully saturated rings. The van der Waals surface area contributed by atoms with Crippen LogP contribution < -0.4 is 20.7 Å². The zero-order valence-electron chi connectivity index (χ0n) is 21.2. The maximum atomic E-state index is 14.4. The highest BCUT2D eigenvalue weighted by atomic mass is 19.1. The van der Waals surface area contributed by atoms with Crippen LogP contribution in [0.3, 0.4) is 0 Å². The molecule has 10 nitrogen and oxygen atoms in total. The highest BCUT2D eigenvalue weighted by Crippen LogP contribution is 2.37. The number of fused-ring (bicyclic) bond motifs is 1. The van der Waals surface area contributed by atoms with E-state index in [2.05, 4.69) is 31.9 Å². The summed E-state index contributed by atoms with van der Waals surface area (Å²) in [6.45, 7) is 5.39. The van der Waals surface area contributed by atoms with Crippen molar-refractivity contribution < 1.29 is 13.9 Å². The van der Waals surface area contributed by atoms with Crippen molar-refractivity contribution in [2.45, 2.75) is 0 Å². The molecule has 0 aliphatic heterocycles. The summed E-state index contributed by atoms with van der Waals surface area (Å²) in [7, 11) is 7.43. The molecular formula is C26H29FN8O2. The number of hydrogen-bond donors (Lipinski definition) is 2. The average molecular weight is 505 g/mol. The molecule has 0 aliphatic rings. The van der Waals surface area contributed by atoms with E-state index >= 15 is 0 Å². The Hall–Kier alpha value is -4.51. The van der Waals surface area contributed by atoms with Crippen molar-refractivity contribution in [2.24, 2.45) is 5.73 Å². The van der Waals surface area contributed by atoms with Crippen LogP contribution in [-0.2, 0) is 4.79 Å². The maximum Gasteiger partial charge on any atom is 0.248 e. The smallest absolute Gasteiger partial charge is 0.248 e. The number of aromatic nitrogens is 4. The van der Waals surface area contributed by atoms with Gasteiger partial charge in [0.25, 0.3) is 0 Å². The van der Waals surface area contributed by atoms with Gasteiger partial charge in [-0.15, -0.1) is 5.10 Å². The van der Waals surface area contributed by atoms with Gasteiger partial charge in [0.15, 0.2) is 5.82 Å². The Bertz CT molecular complexity index is 1470. The predicted molar refractivity (Wildman–Crippen MR) is 143 cm³/mol. The lowest BCUT2D eigenvalue weighted by Crippen LogP contribution is -2.29. The van der Waals surface area contributed by atoms with Gasteiger partial charge in [-0.25, -0.2) is 9.67 Å². The second-order valence-corrected chi connectivity index (χ2v) is 8.72. The molecule has 0 spiro atoms. The zero-order valence-corrected chi connectivity index (χ0v) is 21.2. The standard InChI is InChI=1S/C26H29FN8O2/c1-16(25(28)36)18-14-19(22(37-5)15-21(18)34(4)13-12-33(2)3)30-26-29-11-10-23(31-26)35-20-9-7-6-8-17(20)24(27)32-35/h6-11,14-15H,1,12-13H2,2-5H3,(H2,28,36)(H,29,30,31). The number of nitrogens with one attached hydrogen (secondary N) is 1. The Morgan fingerprint density at radius 2 is 1.95 bits per heavy atom. The summed E-state index contributed by atoms with van der Waals surface area (Å²) in [5, 5.41) is 7.52. The van der Waals surface area contributed by atoms with Gasteiger partial charge in [0.1, 0.15) is 5.75 Å². The molecule has 0 radical (unpaired) electrons. The van der Waals surface area contributed by atoms with E-state index in [0.717, 1.165) is 12.2 Å². The van der Waals surface area contributed by atoms with E-state index in [1.54, 1.807) is 43.5 Å². The summed E-state index contributed by atoms with van der Waals surface area (Å²) in [4.78, 5) is 24.9. The Morgan fingerprint density at radius 1 is 1.19 bits per heavy atom. The fourth-order valence-electron chi connectivity index (χ4n) is 3.85. The van der Waals surface area contributed by atoms with Gasteiger partial charge in [-0.1, -0.05) is 18.7 Å². The molecule has 2 aromatic carbocycles. The number of primary amides is 1. The van der Waals surface area contributed by atoms with Crippen LogP contribution in [0.15, 0.2) is 55.2 Å². The largest absolute Gasteiger partial charge is 0.494 e. The first-order valence-electron chi connectivity index (χ1n) is 11.5. The minimum absolute atomic E-state index is 0.158. The first kappa shape index (κ1) is 25.6. The van der Waals surface area contributed by atoms with Crippen molar-refractivity contribution in [3.8, 4) is 11.6 Å². The molecule has 0 bridgehead atoms. The fourth-order valence-corrected chi connectivity index (χ4v) is 3.85. The van der Waals surface area contributed by atoms with Gasteiger partial charge >= 0.3 is 0 Å². The van der Waals surface area contributed by atoms with Crippen molar-refractivity contribution in [1.82, 2.24) is 24.6 Å². The summed E-state index contributed by atoms with van der Waals surface area (Å²) >= 11 is 0. The molecular weight excluding hydrogens is 475 g/mol. The molecule has 0 aliphatic carbocycles. The molecule has 2 heterocycles. The number of carbonyl (C=O) groups is 1. The number of benzene rings is 2. The number of ether oxygens (including phenoxy) is 1. The normalized spacial score (nSPS) is 11.1. The molecule has 0 saturated heterocycles. The monoisotopic (exact) mass is 504 g/mol. The molecule has 37 heavy (non-hydrogen) atoms. The molecule has 0 saturated carbocycles. The fraction of sp³-hybridized carbons (Fsp3) is 0.231. The number of carbonyl (C=O) groups excluding carboxylic acids is 1. The number of hydrogen-bond acceptors (Lipinski definition) is 8. The van der Waals surface area contributed by atoms with Crippen LogP contribution in [0.25, 0.3) is 22.3 Å². The topological polar surface area (TPSA) is 114 Å². The number of para-hydroxylation sites is 1. The van der Waals surface area contributed by atoms with Crippen LogP contribution in [0.4, 0.5) is 21.7 Å². The lowest BCUT2D eigenvalue weighted by molar-refractivity contribution is -0.112. The molecule has 192 valence electrons. The number of amides is 1. The molecule has 4 rings (SSSR count). The zero-order chi connectivity index (χ0) is 26.7. The Balaban J connectivity index is 1.74. The SMILES string of the molecule is C=C(C(N)=O)c1cc(Nc2nccc(-n3nc(F)c4ccccc43)n2)c(OC)cc1N(C)CCN(C)C. The summed E-state index contributed by atoms with van der Waals surface area (Å²) in [6, 6.07) is 12.1. The second kappa shape index (κ2) is 10.6. The summed E-state index contributed by atoms with van der Waals surface area (Å²) < 4.78 is 21.4. The Labute approximate surface area is 214 Å². The molecule has 0 atom stereocenters. The maximum absolute atomic E-state index is 14.4. The number of halogens is 1. The van der Waals surface area contributed by atoms with Gasteiger partial charge in [0.05, 0.1) is 23.7 Å². The summed E-state index contributed by atoms with van der Waals surface area (Å²) in [6.07, 6.45) is 1.54. The van der Waals surface area contributed by atoms with Crippen LogP contribution in [-0.4, -0.2) is 71.9 Å². The third-order valence-corrected chi connectivity index (χ3v) is 5.88. The number of methoxy groups -OCH3 is 1. The van der Waals surface area contributed by atoms with E-state index < -0.39 is 11.9 Å². The number of nitrogens with zero attached hydrogens (tertiary/aromatic N) is 6. The second-order valence-electron chi connectivity index (χ2n) is 8.72. The van der Waals surface area contributed by atoms with E-state index in [0.29, 0.717) is 40.3 Å². The van der Waals surface area contributed by atoms with E-state index in [4.69, 9.17) is 10.5 Å². The van der Waals surface area contributed by atoms with Gasteiger partial charge in [-0.05, 0) is 32.3 Å². The third kappa shape index (κ3) is 5.36.